The fraction of sp³-hybridized carbons (Fsp3) is 0.800. The summed E-state index contributed by atoms with van der Waals surface area (Å²) in [5.74, 6) is -0.542. The second kappa shape index (κ2) is 2.53. The van der Waals surface area contributed by atoms with E-state index >= 15 is 0 Å². The van der Waals surface area contributed by atoms with E-state index in [9.17, 15) is 4.79 Å². The van der Waals surface area contributed by atoms with E-state index in [4.69, 9.17) is 15.3 Å². The predicted molar refractivity (Wildman–Crippen MR) is 29.0 cm³/mol. The van der Waals surface area contributed by atoms with Crippen molar-refractivity contribution in [1.29, 1.82) is 0 Å². The maximum Gasteiger partial charge on any atom is 0.351 e. The first-order chi connectivity index (χ1) is 4.66. The number of rotatable bonds is 3. The van der Waals surface area contributed by atoms with Gasteiger partial charge in [0, 0.05) is 0 Å². The van der Waals surface area contributed by atoms with Gasteiger partial charge < -0.3 is 20.1 Å². The van der Waals surface area contributed by atoms with Gasteiger partial charge in [-0.05, 0) is 0 Å². The van der Waals surface area contributed by atoms with Crippen LogP contribution in [0.5, 0.6) is 0 Å². The Morgan fingerprint density at radius 2 is 2.10 bits per heavy atom. The molecule has 0 radical (unpaired) electrons. The van der Waals surface area contributed by atoms with Crippen LogP contribution in [0.15, 0.2) is 0 Å². The van der Waals surface area contributed by atoms with Crippen molar-refractivity contribution in [3.8, 4) is 0 Å². The number of aliphatic hydroxyl groups excluding tert-OH is 3. The van der Waals surface area contributed by atoms with Gasteiger partial charge in [0.05, 0.1) is 6.61 Å². The van der Waals surface area contributed by atoms with Gasteiger partial charge in [0.15, 0.2) is 0 Å². The van der Waals surface area contributed by atoms with Crippen LogP contribution in [0.3, 0.4) is 0 Å². The molecule has 0 aliphatic carbocycles. The molecule has 1 rings (SSSR count). The second-order valence-electron chi connectivity index (χ2n) is 2.10. The van der Waals surface area contributed by atoms with Crippen molar-refractivity contribution in [3.05, 3.63) is 0 Å². The Bertz CT molecular complexity index is 145. The lowest BCUT2D eigenvalue weighted by Crippen LogP contribution is -2.34. The zero-order valence-corrected chi connectivity index (χ0v) is 5.10. The summed E-state index contributed by atoms with van der Waals surface area (Å²) in [6, 6.07) is 0. The normalized spacial score (nSPS) is 29.1. The third kappa shape index (κ3) is 1.26. The number of cyclic esters (lactones) is 1. The molecule has 1 heterocycles. The minimum Gasteiger partial charge on any atom is -0.445 e. The molecule has 0 saturated carbocycles. The van der Waals surface area contributed by atoms with Gasteiger partial charge in [0.2, 0.25) is 6.10 Å². The molecule has 5 nitrogen and oxygen atoms in total. The van der Waals surface area contributed by atoms with Crippen molar-refractivity contribution in [2.45, 2.75) is 18.3 Å². The molecule has 10 heavy (non-hydrogen) atoms. The van der Waals surface area contributed by atoms with Crippen molar-refractivity contribution in [1.82, 2.24) is 0 Å². The first-order valence-corrected chi connectivity index (χ1v) is 2.84. The van der Waals surface area contributed by atoms with E-state index in [0.29, 0.717) is 0 Å². The molecule has 1 saturated heterocycles. The molecule has 1 aliphatic rings. The van der Waals surface area contributed by atoms with E-state index in [1.165, 1.54) is 0 Å². The van der Waals surface area contributed by atoms with Gasteiger partial charge in [-0.2, -0.15) is 0 Å². The molecule has 58 valence electrons. The molecule has 1 fully saturated rings. The van der Waals surface area contributed by atoms with E-state index in [0.717, 1.165) is 0 Å². The number of carbonyl (C=O) groups excluding carboxylic acids is 1. The number of hydrogen-bond donors (Lipinski definition) is 3. The smallest absolute Gasteiger partial charge is 0.351 e. The summed E-state index contributed by atoms with van der Waals surface area (Å²) in [5, 5.41) is 25.9. The quantitative estimate of drug-likeness (QED) is 0.389. The third-order valence-corrected chi connectivity index (χ3v) is 1.31. The molecule has 0 bridgehead atoms. The van der Waals surface area contributed by atoms with Crippen LogP contribution in [0.2, 0.25) is 0 Å². The highest BCUT2D eigenvalue weighted by Crippen LogP contribution is 2.18. The molecule has 1 aliphatic heterocycles. The Morgan fingerprint density at radius 1 is 1.60 bits per heavy atom. The van der Waals surface area contributed by atoms with E-state index < -0.39 is 30.9 Å². The Labute approximate surface area is 56.9 Å². The van der Waals surface area contributed by atoms with Crippen LogP contribution in [-0.4, -0.2) is 46.2 Å². The van der Waals surface area contributed by atoms with Crippen molar-refractivity contribution in [3.63, 3.8) is 0 Å². The van der Waals surface area contributed by atoms with Gasteiger partial charge in [-0.1, -0.05) is 0 Å². The summed E-state index contributed by atoms with van der Waals surface area (Å²) in [5.41, 5.74) is 0. The monoisotopic (exact) mass is 148 g/mol. The van der Waals surface area contributed by atoms with Crippen molar-refractivity contribution in [2.75, 3.05) is 6.61 Å². The zero-order valence-electron chi connectivity index (χ0n) is 5.10. The largest absolute Gasteiger partial charge is 0.445 e. The number of aliphatic hydroxyl groups is 3. The zero-order chi connectivity index (χ0) is 7.72. The molecule has 0 aromatic carbocycles. The van der Waals surface area contributed by atoms with Crippen molar-refractivity contribution in [2.24, 2.45) is 0 Å². The molecule has 0 amide bonds. The highest BCUT2D eigenvalue weighted by molar-refractivity contribution is 5.88. The van der Waals surface area contributed by atoms with Gasteiger partial charge in [-0.3, -0.25) is 0 Å². The summed E-state index contributed by atoms with van der Waals surface area (Å²) < 4.78 is 4.24. The van der Waals surface area contributed by atoms with Crippen LogP contribution >= 0.6 is 0 Å². The summed E-state index contributed by atoms with van der Waals surface area (Å²) in [7, 11) is 0. The highest BCUT2D eigenvalue weighted by Gasteiger charge is 2.47. The first kappa shape index (κ1) is 7.46. The lowest BCUT2D eigenvalue weighted by Gasteiger charge is -2.09. The van der Waals surface area contributed by atoms with Crippen molar-refractivity contribution >= 4 is 5.97 Å². The summed E-state index contributed by atoms with van der Waals surface area (Å²) in [6.45, 7) is -0.575. The fourth-order valence-electron chi connectivity index (χ4n) is 0.610. The van der Waals surface area contributed by atoms with Gasteiger partial charge in [0.1, 0.15) is 12.2 Å². The lowest BCUT2D eigenvalue weighted by molar-refractivity contribution is -0.117. The van der Waals surface area contributed by atoms with Crippen LogP contribution in [0.4, 0.5) is 0 Å². The number of ether oxygens (including phenoxy) is 1. The van der Waals surface area contributed by atoms with Gasteiger partial charge in [0.25, 0.3) is 0 Å². The second-order valence-corrected chi connectivity index (χ2v) is 2.10. The van der Waals surface area contributed by atoms with Crippen LogP contribution < -0.4 is 0 Å². The molecule has 0 aromatic heterocycles. The molecular formula is C5H8O5. The SMILES string of the molecule is O=C1O[C@@H]1[C@H](O)[C@H](O)CO. The maximum atomic E-state index is 10.2. The standard InChI is InChI=1S/C5H8O5/c6-1-2(7)3(8)4-5(9)10-4/h2-4,6-8H,1H2/t2-,3-,4-/m1/s1. The van der Waals surface area contributed by atoms with Crippen LogP contribution in [0.25, 0.3) is 0 Å². The van der Waals surface area contributed by atoms with Crippen LogP contribution in [-0.2, 0) is 9.53 Å². The lowest BCUT2D eigenvalue weighted by atomic mass is 10.1. The Hall–Kier alpha value is -0.650. The molecular weight excluding hydrogens is 140 g/mol. The van der Waals surface area contributed by atoms with Gasteiger partial charge in [-0.15, -0.1) is 0 Å². The third-order valence-electron chi connectivity index (χ3n) is 1.31. The number of hydrogen-bond acceptors (Lipinski definition) is 5. The first-order valence-electron chi connectivity index (χ1n) is 2.84. The molecule has 3 atom stereocenters. The van der Waals surface area contributed by atoms with Crippen LogP contribution in [0, 0.1) is 0 Å². The Kier molecular flexibility index (Phi) is 1.89. The van der Waals surface area contributed by atoms with E-state index in [1.54, 1.807) is 0 Å². The average Bonchev–Trinajstić information content (AvgIpc) is 2.63. The topological polar surface area (TPSA) is 90.3 Å². The van der Waals surface area contributed by atoms with Gasteiger partial charge >= 0.3 is 5.97 Å². The van der Waals surface area contributed by atoms with E-state index in [1.807, 2.05) is 0 Å². The summed E-state index contributed by atoms with van der Waals surface area (Å²) >= 11 is 0. The van der Waals surface area contributed by atoms with E-state index in [-0.39, 0.29) is 0 Å². The maximum absolute atomic E-state index is 10.2. The summed E-state index contributed by atoms with van der Waals surface area (Å²) in [4.78, 5) is 10.2. The van der Waals surface area contributed by atoms with Crippen molar-refractivity contribution < 1.29 is 24.9 Å². The van der Waals surface area contributed by atoms with Gasteiger partial charge in [-0.25, -0.2) is 4.79 Å². The molecule has 0 aromatic rings. The number of epoxide rings is 1. The highest BCUT2D eigenvalue weighted by atomic mass is 16.7. The fourth-order valence-corrected chi connectivity index (χ4v) is 0.610. The summed E-state index contributed by atoms with van der Waals surface area (Å²) in [6.07, 6.45) is -3.52. The molecule has 0 unspecified atom stereocenters. The average molecular weight is 148 g/mol. The Morgan fingerprint density at radius 3 is 2.40 bits per heavy atom. The Balaban J connectivity index is 2.34. The van der Waals surface area contributed by atoms with Crippen LogP contribution in [0.1, 0.15) is 0 Å². The predicted octanol–water partition coefficient (Wildman–Crippen LogP) is -2.37. The van der Waals surface area contributed by atoms with E-state index in [2.05, 4.69) is 4.74 Å². The minimum absolute atomic E-state index is 0.542. The minimum atomic E-state index is -1.29. The molecule has 5 heteroatoms. The molecule has 3 N–H and O–H groups in total. The molecule has 0 spiro atoms. The number of carbonyl (C=O) groups is 1.